The summed E-state index contributed by atoms with van der Waals surface area (Å²) < 4.78 is 0. The number of nitrogens with zero attached hydrogens (tertiary/aromatic N) is 2. The average Bonchev–Trinajstić information content (AvgIpc) is 3.08. The molecule has 1 aromatic heterocycles. The highest BCUT2D eigenvalue weighted by atomic mass is 16.6. The van der Waals surface area contributed by atoms with Crippen LogP contribution in [0.15, 0.2) is 18.3 Å². The molecule has 0 spiro atoms. The zero-order valence-corrected chi connectivity index (χ0v) is 10.1. The molecule has 0 amide bonds. The molecular formula is C12H17N3O2. The lowest BCUT2D eigenvalue weighted by molar-refractivity contribution is -0.384. The van der Waals surface area contributed by atoms with E-state index < -0.39 is 4.92 Å². The van der Waals surface area contributed by atoms with Crippen molar-refractivity contribution in [1.29, 1.82) is 0 Å². The second-order valence-electron chi connectivity index (χ2n) is 5.03. The standard InChI is InChI=1S/C12H17N3O2/c1-9(2)12(4-5-12)8-14-11-7-10(15(16)17)3-6-13-11/h3,6-7,9H,4-5,8H2,1-2H3,(H,13,14). The third-order valence-corrected chi connectivity index (χ3v) is 3.69. The van der Waals surface area contributed by atoms with Gasteiger partial charge in [0, 0.05) is 18.8 Å². The first-order valence-electron chi connectivity index (χ1n) is 5.88. The normalized spacial score (nSPS) is 16.9. The van der Waals surface area contributed by atoms with Gasteiger partial charge in [-0.25, -0.2) is 4.98 Å². The van der Waals surface area contributed by atoms with E-state index in [2.05, 4.69) is 24.1 Å². The van der Waals surface area contributed by atoms with Crippen molar-refractivity contribution in [2.45, 2.75) is 26.7 Å². The molecule has 1 aromatic rings. The first kappa shape index (κ1) is 11.8. The van der Waals surface area contributed by atoms with Crippen LogP contribution in [0, 0.1) is 21.4 Å². The van der Waals surface area contributed by atoms with Crippen molar-refractivity contribution in [2.75, 3.05) is 11.9 Å². The van der Waals surface area contributed by atoms with Gasteiger partial charge in [-0.15, -0.1) is 0 Å². The van der Waals surface area contributed by atoms with Crippen molar-refractivity contribution in [2.24, 2.45) is 11.3 Å². The van der Waals surface area contributed by atoms with Gasteiger partial charge in [0.1, 0.15) is 5.82 Å². The van der Waals surface area contributed by atoms with Crippen LogP contribution in [-0.2, 0) is 0 Å². The second kappa shape index (κ2) is 4.31. The summed E-state index contributed by atoms with van der Waals surface area (Å²) in [5.74, 6) is 1.22. The minimum absolute atomic E-state index is 0.0805. The molecule has 1 fully saturated rings. The molecule has 0 atom stereocenters. The largest absolute Gasteiger partial charge is 0.369 e. The fourth-order valence-electron chi connectivity index (χ4n) is 2.02. The smallest absolute Gasteiger partial charge is 0.274 e. The van der Waals surface area contributed by atoms with E-state index in [1.807, 2.05) is 0 Å². The van der Waals surface area contributed by atoms with Gasteiger partial charge in [0.2, 0.25) is 0 Å². The molecule has 1 aliphatic rings. The van der Waals surface area contributed by atoms with Crippen LogP contribution in [0.4, 0.5) is 11.5 Å². The lowest BCUT2D eigenvalue weighted by Crippen LogP contribution is -2.21. The van der Waals surface area contributed by atoms with Crippen LogP contribution >= 0.6 is 0 Å². The van der Waals surface area contributed by atoms with Gasteiger partial charge in [-0.1, -0.05) is 13.8 Å². The Bertz CT molecular complexity index is 428. The molecule has 1 heterocycles. The summed E-state index contributed by atoms with van der Waals surface area (Å²) in [7, 11) is 0. The molecule has 0 bridgehead atoms. The number of pyridine rings is 1. The molecular weight excluding hydrogens is 218 g/mol. The van der Waals surface area contributed by atoms with Crippen LogP contribution < -0.4 is 5.32 Å². The van der Waals surface area contributed by atoms with Crippen LogP contribution in [0.3, 0.4) is 0 Å². The molecule has 2 rings (SSSR count). The Morgan fingerprint density at radius 2 is 2.29 bits per heavy atom. The van der Waals surface area contributed by atoms with E-state index in [-0.39, 0.29) is 5.69 Å². The van der Waals surface area contributed by atoms with Crippen molar-refractivity contribution >= 4 is 11.5 Å². The van der Waals surface area contributed by atoms with Crippen molar-refractivity contribution < 1.29 is 4.92 Å². The number of aromatic nitrogens is 1. The Morgan fingerprint density at radius 1 is 1.59 bits per heavy atom. The number of anilines is 1. The van der Waals surface area contributed by atoms with Crippen LogP contribution in [0.1, 0.15) is 26.7 Å². The lowest BCUT2D eigenvalue weighted by Gasteiger charge is -2.20. The predicted octanol–water partition coefficient (Wildman–Crippen LogP) is 2.84. The van der Waals surface area contributed by atoms with E-state index in [9.17, 15) is 10.1 Å². The molecule has 0 unspecified atom stereocenters. The molecule has 17 heavy (non-hydrogen) atoms. The number of nitrogens with one attached hydrogen (secondary N) is 1. The van der Waals surface area contributed by atoms with E-state index >= 15 is 0 Å². The Labute approximate surface area is 100 Å². The second-order valence-corrected chi connectivity index (χ2v) is 5.03. The first-order valence-corrected chi connectivity index (χ1v) is 5.88. The summed E-state index contributed by atoms with van der Waals surface area (Å²) in [6.45, 7) is 5.28. The Balaban J connectivity index is 2.00. The SMILES string of the molecule is CC(C)C1(CNc2cc([N+](=O)[O-])ccn2)CC1. The summed E-state index contributed by atoms with van der Waals surface area (Å²) in [4.78, 5) is 14.3. The van der Waals surface area contributed by atoms with Crippen LogP contribution in [-0.4, -0.2) is 16.5 Å². The molecule has 5 nitrogen and oxygen atoms in total. The van der Waals surface area contributed by atoms with E-state index in [0.717, 1.165) is 6.54 Å². The maximum absolute atomic E-state index is 10.6. The third kappa shape index (κ3) is 2.54. The van der Waals surface area contributed by atoms with E-state index in [1.165, 1.54) is 31.2 Å². The number of rotatable bonds is 5. The van der Waals surface area contributed by atoms with Gasteiger partial charge in [-0.2, -0.15) is 0 Å². The van der Waals surface area contributed by atoms with E-state index in [4.69, 9.17) is 0 Å². The number of hydrogen-bond donors (Lipinski definition) is 1. The molecule has 1 N–H and O–H groups in total. The maximum atomic E-state index is 10.6. The Morgan fingerprint density at radius 3 is 2.82 bits per heavy atom. The van der Waals surface area contributed by atoms with Crippen LogP contribution in [0.5, 0.6) is 0 Å². The maximum Gasteiger partial charge on any atom is 0.274 e. The van der Waals surface area contributed by atoms with Gasteiger partial charge in [0.05, 0.1) is 11.0 Å². The quantitative estimate of drug-likeness (QED) is 0.629. The van der Waals surface area contributed by atoms with E-state index in [1.54, 1.807) is 0 Å². The molecule has 0 radical (unpaired) electrons. The molecule has 0 aliphatic heterocycles. The monoisotopic (exact) mass is 235 g/mol. The molecule has 0 aromatic carbocycles. The average molecular weight is 235 g/mol. The lowest BCUT2D eigenvalue weighted by atomic mass is 9.92. The molecule has 92 valence electrons. The van der Waals surface area contributed by atoms with E-state index in [0.29, 0.717) is 17.2 Å². The summed E-state index contributed by atoms with van der Waals surface area (Å²) in [5.41, 5.74) is 0.448. The van der Waals surface area contributed by atoms with Gasteiger partial charge in [0.15, 0.2) is 0 Å². The first-order chi connectivity index (χ1) is 8.03. The van der Waals surface area contributed by atoms with Crippen LogP contribution in [0.2, 0.25) is 0 Å². The number of hydrogen-bond acceptors (Lipinski definition) is 4. The summed E-state index contributed by atoms with van der Waals surface area (Å²) in [6.07, 6.45) is 3.93. The minimum atomic E-state index is -0.401. The Hall–Kier alpha value is -1.65. The molecule has 5 heteroatoms. The fraction of sp³-hybridized carbons (Fsp3) is 0.583. The van der Waals surface area contributed by atoms with Gasteiger partial charge in [0.25, 0.3) is 5.69 Å². The predicted molar refractivity (Wildman–Crippen MR) is 65.9 cm³/mol. The molecule has 0 saturated heterocycles. The van der Waals surface area contributed by atoms with Gasteiger partial charge >= 0.3 is 0 Å². The van der Waals surface area contributed by atoms with Crippen molar-refractivity contribution in [3.63, 3.8) is 0 Å². The van der Waals surface area contributed by atoms with Crippen molar-refractivity contribution in [3.8, 4) is 0 Å². The highest BCUT2D eigenvalue weighted by Crippen LogP contribution is 2.51. The zero-order chi connectivity index (χ0) is 12.5. The fourth-order valence-corrected chi connectivity index (χ4v) is 2.02. The summed E-state index contributed by atoms with van der Waals surface area (Å²) >= 11 is 0. The topological polar surface area (TPSA) is 68.1 Å². The van der Waals surface area contributed by atoms with Gasteiger partial charge < -0.3 is 5.32 Å². The highest BCUT2D eigenvalue weighted by molar-refractivity contribution is 5.44. The third-order valence-electron chi connectivity index (χ3n) is 3.69. The van der Waals surface area contributed by atoms with Crippen molar-refractivity contribution in [1.82, 2.24) is 4.98 Å². The van der Waals surface area contributed by atoms with Crippen LogP contribution in [0.25, 0.3) is 0 Å². The summed E-state index contributed by atoms with van der Waals surface area (Å²) in [6, 6.07) is 2.89. The Kier molecular flexibility index (Phi) is 3.00. The zero-order valence-electron chi connectivity index (χ0n) is 10.1. The molecule has 1 saturated carbocycles. The number of nitro groups is 1. The van der Waals surface area contributed by atoms with Gasteiger partial charge in [-0.3, -0.25) is 10.1 Å². The van der Waals surface area contributed by atoms with Gasteiger partial charge in [-0.05, 0) is 24.2 Å². The van der Waals surface area contributed by atoms with Crippen molar-refractivity contribution in [3.05, 3.63) is 28.4 Å². The molecule has 1 aliphatic carbocycles. The highest BCUT2D eigenvalue weighted by Gasteiger charge is 2.44. The minimum Gasteiger partial charge on any atom is -0.369 e. The summed E-state index contributed by atoms with van der Waals surface area (Å²) in [5, 5.41) is 13.8.